The van der Waals surface area contributed by atoms with Crippen molar-refractivity contribution in [2.75, 3.05) is 13.1 Å². The van der Waals surface area contributed by atoms with Crippen molar-refractivity contribution in [1.29, 1.82) is 0 Å². The average Bonchev–Trinajstić information content (AvgIpc) is 3.34. The molecule has 1 saturated heterocycles. The van der Waals surface area contributed by atoms with Crippen LogP contribution in [-0.4, -0.2) is 38.3 Å². The number of rotatable bonds is 5. The van der Waals surface area contributed by atoms with E-state index in [1.165, 1.54) is 9.75 Å². The maximum atomic E-state index is 10.5. The third kappa shape index (κ3) is 3.81. The van der Waals surface area contributed by atoms with Crippen LogP contribution in [0, 0.1) is 5.92 Å². The molecule has 0 aliphatic carbocycles. The number of aromatic amines is 1. The predicted octanol–water partition coefficient (Wildman–Crippen LogP) is 3.48. The summed E-state index contributed by atoms with van der Waals surface area (Å²) in [5.74, 6) is 0.301. The molecule has 3 aromatic heterocycles. The Labute approximate surface area is 151 Å². The van der Waals surface area contributed by atoms with E-state index in [2.05, 4.69) is 32.2 Å². The average molecular weight is 354 g/mol. The van der Waals surface area contributed by atoms with Gasteiger partial charge in [0.15, 0.2) is 0 Å². The quantitative estimate of drug-likeness (QED) is 0.736. The van der Waals surface area contributed by atoms with Crippen molar-refractivity contribution >= 4 is 11.3 Å². The predicted molar refractivity (Wildman–Crippen MR) is 99.1 cm³/mol. The van der Waals surface area contributed by atoms with Gasteiger partial charge in [-0.25, -0.2) is 0 Å². The molecule has 3 aromatic rings. The standard InChI is InChI=1S/C19H22N4OS/c24-19(17-3-1-2-9-20-17)14-7-11-23(12-8-14)13-15-4-5-18(25-15)16-6-10-21-22-16/h1-6,9-10,14,19,24H,7-8,11-13H2,(H,21,22). The van der Waals surface area contributed by atoms with Crippen LogP contribution in [0.5, 0.6) is 0 Å². The first-order chi connectivity index (χ1) is 12.3. The maximum absolute atomic E-state index is 10.5. The van der Waals surface area contributed by atoms with Gasteiger partial charge in [0, 0.05) is 23.8 Å². The number of aliphatic hydroxyl groups is 1. The molecule has 0 amide bonds. The topological polar surface area (TPSA) is 65.0 Å². The molecule has 4 rings (SSSR count). The smallest absolute Gasteiger partial charge is 0.0988 e. The summed E-state index contributed by atoms with van der Waals surface area (Å²) in [4.78, 5) is 9.37. The summed E-state index contributed by atoms with van der Waals surface area (Å²) < 4.78 is 0. The van der Waals surface area contributed by atoms with Gasteiger partial charge in [-0.15, -0.1) is 11.3 Å². The molecule has 25 heavy (non-hydrogen) atoms. The van der Waals surface area contributed by atoms with Gasteiger partial charge in [-0.05, 0) is 62.2 Å². The molecule has 0 saturated carbocycles. The molecule has 2 N–H and O–H groups in total. The van der Waals surface area contributed by atoms with Gasteiger partial charge in [0.05, 0.1) is 22.4 Å². The molecule has 4 heterocycles. The third-order valence-corrected chi connectivity index (χ3v) is 5.98. The number of likely N-dealkylation sites (tertiary alicyclic amines) is 1. The minimum absolute atomic E-state index is 0.301. The highest BCUT2D eigenvalue weighted by Crippen LogP contribution is 2.32. The highest BCUT2D eigenvalue weighted by Gasteiger charge is 2.27. The van der Waals surface area contributed by atoms with Gasteiger partial charge in [-0.2, -0.15) is 5.10 Å². The summed E-state index contributed by atoms with van der Waals surface area (Å²) in [5, 5.41) is 17.6. The monoisotopic (exact) mass is 354 g/mol. The molecular formula is C19H22N4OS. The Balaban J connectivity index is 1.32. The zero-order valence-corrected chi connectivity index (χ0v) is 14.8. The van der Waals surface area contributed by atoms with Crippen LogP contribution in [0.25, 0.3) is 10.6 Å². The Kier molecular flexibility index (Phi) is 4.92. The molecule has 5 nitrogen and oxygen atoms in total. The van der Waals surface area contributed by atoms with E-state index < -0.39 is 6.10 Å². The van der Waals surface area contributed by atoms with E-state index in [9.17, 15) is 5.11 Å². The lowest BCUT2D eigenvalue weighted by Crippen LogP contribution is -2.35. The second-order valence-electron chi connectivity index (χ2n) is 6.55. The molecule has 6 heteroatoms. The van der Waals surface area contributed by atoms with Crippen LogP contribution in [-0.2, 0) is 6.54 Å². The molecule has 0 aromatic carbocycles. The summed E-state index contributed by atoms with van der Waals surface area (Å²) in [7, 11) is 0. The number of aliphatic hydroxyl groups excluding tert-OH is 1. The Bertz CT molecular complexity index is 779. The zero-order chi connectivity index (χ0) is 17.1. The summed E-state index contributed by atoms with van der Waals surface area (Å²) in [6, 6.07) is 12.1. The minimum Gasteiger partial charge on any atom is -0.387 e. The van der Waals surface area contributed by atoms with Crippen LogP contribution < -0.4 is 0 Å². The third-order valence-electron chi connectivity index (χ3n) is 4.88. The molecule has 0 spiro atoms. The van der Waals surface area contributed by atoms with E-state index in [1.54, 1.807) is 12.4 Å². The number of H-pyrrole nitrogens is 1. The Hall–Kier alpha value is -2.02. The summed E-state index contributed by atoms with van der Waals surface area (Å²) in [6.07, 6.45) is 5.11. The summed E-state index contributed by atoms with van der Waals surface area (Å²) >= 11 is 1.82. The number of piperidine rings is 1. The highest BCUT2D eigenvalue weighted by atomic mass is 32.1. The van der Waals surface area contributed by atoms with Gasteiger partial charge in [-0.3, -0.25) is 15.0 Å². The lowest BCUT2D eigenvalue weighted by molar-refractivity contribution is 0.0542. The van der Waals surface area contributed by atoms with Crippen LogP contribution in [0.15, 0.2) is 48.8 Å². The van der Waals surface area contributed by atoms with E-state index in [0.717, 1.165) is 43.9 Å². The fourth-order valence-corrected chi connectivity index (χ4v) is 4.47. The highest BCUT2D eigenvalue weighted by molar-refractivity contribution is 7.15. The number of nitrogens with zero attached hydrogens (tertiary/aromatic N) is 3. The van der Waals surface area contributed by atoms with E-state index in [-0.39, 0.29) is 0 Å². The van der Waals surface area contributed by atoms with E-state index in [0.29, 0.717) is 5.92 Å². The van der Waals surface area contributed by atoms with Crippen LogP contribution in [0.3, 0.4) is 0 Å². The number of pyridine rings is 1. The van der Waals surface area contributed by atoms with Crippen molar-refractivity contribution in [2.24, 2.45) is 5.92 Å². The van der Waals surface area contributed by atoms with Crippen LogP contribution in [0.1, 0.15) is 29.5 Å². The second-order valence-corrected chi connectivity index (χ2v) is 7.72. The SMILES string of the molecule is OC(c1ccccn1)C1CCN(Cc2ccc(-c3ccn[nH]3)s2)CC1. The van der Waals surface area contributed by atoms with Crippen LogP contribution >= 0.6 is 11.3 Å². The van der Waals surface area contributed by atoms with E-state index >= 15 is 0 Å². The van der Waals surface area contributed by atoms with Crippen molar-refractivity contribution in [3.63, 3.8) is 0 Å². The van der Waals surface area contributed by atoms with Crippen molar-refractivity contribution in [3.05, 3.63) is 59.4 Å². The Morgan fingerprint density at radius 1 is 1.16 bits per heavy atom. The summed E-state index contributed by atoms with van der Waals surface area (Å²) in [6.45, 7) is 3.02. The second kappa shape index (κ2) is 7.47. The molecule has 0 bridgehead atoms. The number of thiophene rings is 1. The first-order valence-electron chi connectivity index (χ1n) is 8.69. The van der Waals surface area contributed by atoms with E-state index in [4.69, 9.17) is 0 Å². The van der Waals surface area contributed by atoms with Gasteiger partial charge in [-0.1, -0.05) is 6.07 Å². The minimum atomic E-state index is -0.447. The maximum Gasteiger partial charge on any atom is 0.0988 e. The lowest BCUT2D eigenvalue weighted by atomic mass is 9.89. The Morgan fingerprint density at radius 2 is 2.04 bits per heavy atom. The van der Waals surface area contributed by atoms with Gasteiger partial charge >= 0.3 is 0 Å². The van der Waals surface area contributed by atoms with Gasteiger partial charge < -0.3 is 5.11 Å². The number of hydrogen-bond acceptors (Lipinski definition) is 5. The molecule has 1 unspecified atom stereocenters. The fraction of sp³-hybridized carbons (Fsp3) is 0.368. The van der Waals surface area contributed by atoms with Gasteiger partial charge in [0.25, 0.3) is 0 Å². The van der Waals surface area contributed by atoms with Crippen LogP contribution in [0.2, 0.25) is 0 Å². The Morgan fingerprint density at radius 3 is 2.76 bits per heavy atom. The number of aromatic nitrogens is 3. The first kappa shape index (κ1) is 16.4. The van der Waals surface area contributed by atoms with Crippen molar-refractivity contribution < 1.29 is 5.11 Å². The van der Waals surface area contributed by atoms with Crippen molar-refractivity contribution in [2.45, 2.75) is 25.5 Å². The lowest BCUT2D eigenvalue weighted by Gasteiger charge is -2.33. The fourth-order valence-electron chi connectivity index (χ4n) is 3.44. The van der Waals surface area contributed by atoms with Gasteiger partial charge in [0.1, 0.15) is 0 Å². The number of nitrogens with one attached hydrogen (secondary N) is 1. The normalized spacial score (nSPS) is 17.6. The molecule has 130 valence electrons. The molecule has 0 radical (unpaired) electrons. The van der Waals surface area contributed by atoms with Crippen LogP contribution in [0.4, 0.5) is 0 Å². The first-order valence-corrected chi connectivity index (χ1v) is 9.51. The van der Waals surface area contributed by atoms with Crippen molar-refractivity contribution in [1.82, 2.24) is 20.1 Å². The molecule has 1 aliphatic rings. The zero-order valence-electron chi connectivity index (χ0n) is 14.0. The molecule has 1 atom stereocenters. The van der Waals surface area contributed by atoms with Gasteiger partial charge in [0.2, 0.25) is 0 Å². The molecule has 1 fully saturated rings. The molecular weight excluding hydrogens is 332 g/mol. The van der Waals surface area contributed by atoms with E-state index in [1.807, 2.05) is 35.6 Å². The largest absolute Gasteiger partial charge is 0.387 e. The number of hydrogen-bond donors (Lipinski definition) is 2. The molecule has 1 aliphatic heterocycles. The van der Waals surface area contributed by atoms with Crippen molar-refractivity contribution in [3.8, 4) is 10.6 Å². The summed E-state index contributed by atoms with van der Waals surface area (Å²) in [5.41, 5.74) is 1.87.